The second-order valence-electron chi connectivity index (χ2n) is 5.60. The summed E-state index contributed by atoms with van der Waals surface area (Å²) in [5, 5.41) is 3.20. The summed E-state index contributed by atoms with van der Waals surface area (Å²) in [5.41, 5.74) is 1.72. The number of amides is 1. The number of anilines is 1. The van der Waals surface area contributed by atoms with E-state index in [9.17, 15) is 4.79 Å². The Morgan fingerprint density at radius 3 is 2.94 bits per heavy atom. The van der Waals surface area contributed by atoms with Crippen molar-refractivity contribution in [2.24, 2.45) is 5.41 Å². The van der Waals surface area contributed by atoms with Crippen LogP contribution in [0, 0.1) is 5.41 Å². The Morgan fingerprint density at radius 1 is 1.56 bits per heavy atom. The lowest BCUT2D eigenvalue weighted by Crippen LogP contribution is -2.30. The van der Waals surface area contributed by atoms with Crippen molar-refractivity contribution < 1.29 is 4.79 Å². The number of carbonyl (C=O) groups is 1. The summed E-state index contributed by atoms with van der Waals surface area (Å²) >= 11 is 0. The topological polar surface area (TPSA) is 45.2 Å². The maximum absolute atomic E-state index is 12.3. The molecule has 0 unspecified atom stereocenters. The molecule has 0 aliphatic carbocycles. The zero-order chi connectivity index (χ0) is 13.2. The van der Waals surface area contributed by atoms with Crippen LogP contribution >= 0.6 is 0 Å². The number of pyridine rings is 1. The van der Waals surface area contributed by atoms with E-state index in [2.05, 4.69) is 24.1 Å². The molecule has 0 bridgehead atoms. The van der Waals surface area contributed by atoms with Crippen LogP contribution in [0.1, 0.15) is 37.7 Å². The lowest BCUT2D eigenvalue weighted by molar-refractivity contribution is 0.0772. The van der Waals surface area contributed by atoms with E-state index >= 15 is 0 Å². The first-order chi connectivity index (χ1) is 8.52. The van der Waals surface area contributed by atoms with Gasteiger partial charge in [0.2, 0.25) is 0 Å². The molecule has 1 amide bonds. The zero-order valence-electron chi connectivity index (χ0n) is 11.4. The van der Waals surface area contributed by atoms with Crippen LogP contribution in [0.25, 0.3) is 0 Å². The minimum absolute atomic E-state index is 0.0420. The summed E-state index contributed by atoms with van der Waals surface area (Å²) in [7, 11) is 0. The molecule has 1 aromatic rings. The maximum Gasteiger partial charge on any atom is 0.272 e. The van der Waals surface area contributed by atoms with Crippen molar-refractivity contribution in [2.75, 3.05) is 25.0 Å². The van der Waals surface area contributed by atoms with Gasteiger partial charge in [0.1, 0.15) is 5.69 Å². The quantitative estimate of drug-likeness (QED) is 0.892. The summed E-state index contributed by atoms with van der Waals surface area (Å²) in [4.78, 5) is 18.4. The third-order valence-corrected chi connectivity index (χ3v) is 3.32. The van der Waals surface area contributed by atoms with E-state index in [0.29, 0.717) is 5.69 Å². The van der Waals surface area contributed by atoms with Gasteiger partial charge in [0.05, 0.1) is 0 Å². The van der Waals surface area contributed by atoms with E-state index in [-0.39, 0.29) is 11.3 Å². The predicted molar refractivity (Wildman–Crippen MR) is 72.7 cm³/mol. The van der Waals surface area contributed by atoms with Gasteiger partial charge in [-0.25, -0.2) is 0 Å². The molecule has 1 fully saturated rings. The minimum atomic E-state index is 0.0420. The second kappa shape index (κ2) is 4.96. The van der Waals surface area contributed by atoms with Crippen LogP contribution in [0.15, 0.2) is 18.3 Å². The van der Waals surface area contributed by atoms with Crippen LogP contribution in [-0.4, -0.2) is 35.4 Å². The monoisotopic (exact) mass is 247 g/mol. The fraction of sp³-hybridized carbons (Fsp3) is 0.571. The molecule has 0 aromatic carbocycles. The van der Waals surface area contributed by atoms with E-state index in [4.69, 9.17) is 0 Å². The fourth-order valence-electron chi connectivity index (χ4n) is 2.31. The number of hydrogen-bond acceptors (Lipinski definition) is 3. The second-order valence-corrected chi connectivity index (χ2v) is 5.60. The lowest BCUT2D eigenvalue weighted by atomic mass is 9.93. The van der Waals surface area contributed by atoms with E-state index in [1.807, 2.05) is 24.0 Å². The molecular formula is C14H21N3O. The first kappa shape index (κ1) is 12.9. The van der Waals surface area contributed by atoms with Crippen molar-refractivity contribution in [2.45, 2.75) is 27.2 Å². The Labute approximate surface area is 108 Å². The number of aromatic nitrogens is 1. The maximum atomic E-state index is 12.3. The normalized spacial score (nSPS) is 17.8. The molecule has 0 saturated carbocycles. The van der Waals surface area contributed by atoms with Gasteiger partial charge in [-0.05, 0) is 30.9 Å². The Kier molecular flexibility index (Phi) is 3.55. The highest BCUT2D eigenvalue weighted by Gasteiger charge is 2.32. The van der Waals surface area contributed by atoms with Crippen molar-refractivity contribution in [3.63, 3.8) is 0 Å². The van der Waals surface area contributed by atoms with Gasteiger partial charge in [-0.1, -0.05) is 13.8 Å². The van der Waals surface area contributed by atoms with Gasteiger partial charge in [-0.3, -0.25) is 9.78 Å². The predicted octanol–water partition coefficient (Wildman–Crippen LogP) is 2.39. The average Bonchev–Trinajstić information content (AvgIpc) is 2.70. The van der Waals surface area contributed by atoms with E-state index in [1.165, 1.54) is 0 Å². The van der Waals surface area contributed by atoms with Gasteiger partial charge in [-0.2, -0.15) is 0 Å². The van der Waals surface area contributed by atoms with Crippen molar-refractivity contribution >= 4 is 11.6 Å². The van der Waals surface area contributed by atoms with E-state index in [0.717, 1.165) is 31.7 Å². The van der Waals surface area contributed by atoms with Crippen LogP contribution in [0.4, 0.5) is 5.69 Å². The molecule has 1 aliphatic rings. The summed E-state index contributed by atoms with van der Waals surface area (Å²) in [5.74, 6) is 0.0420. The van der Waals surface area contributed by atoms with Crippen LogP contribution in [0.3, 0.4) is 0 Å². The Morgan fingerprint density at radius 2 is 2.33 bits per heavy atom. The molecule has 0 atom stereocenters. The zero-order valence-corrected chi connectivity index (χ0v) is 11.4. The van der Waals surface area contributed by atoms with Gasteiger partial charge in [-0.15, -0.1) is 0 Å². The first-order valence-electron chi connectivity index (χ1n) is 6.51. The van der Waals surface area contributed by atoms with Crippen molar-refractivity contribution in [3.8, 4) is 0 Å². The van der Waals surface area contributed by atoms with Gasteiger partial charge in [0.15, 0.2) is 0 Å². The minimum Gasteiger partial charge on any atom is -0.385 e. The SMILES string of the molecule is CCNc1ccnc(C(=O)N2CCC(C)(C)C2)c1. The van der Waals surface area contributed by atoms with Crippen molar-refractivity contribution in [1.82, 2.24) is 9.88 Å². The van der Waals surface area contributed by atoms with Crippen LogP contribution in [0.5, 0.6) is 0 Å². The number of nitrogens with zero attached hydrogens (tertiary/aromatic N) is 2. The molecule has 1 aromatic heterocycles. The molecular weight excluding hydrogens is 226 g/mol. The smallest absolute Gasteiger partial charge is 0.272 e. The van der Waals surface area contributed by atoms with Gasteiger partial charge >= 0.3 is 0 Å². The van der Waals surface area contributed by atoms with Crippen LogP contribution in [0.2, 0.25) is 0 Å². The molecule has 1 aliphatic heterocycles. The van der Waals surface area contributed by atoms with Crippen molar-refractivity contribution in [1.29, 1.82) is 0 Å². The Balaban J connectivity index is 2.12. The first-order valence-corrected chi connectivity index (χ1v) is 6.51. The highest BCUT2D eigenvalue weighted by Crippen LogP contribution is 2.29. The Hall–Kier alpha value is -1.58. The van der Waals surface area contributed by atoms with E-state index < -0.39 is 0 Å². The summed E-state index contributed by atoms with van der Waals surface area (Å²) < 4.78 is 0. The number of nitrogens with one attached hydrogen (secondary N) is 1. The molecule has 98 valence electrons. The molecule has 1 saturated heterocycles. The van der Waals surface area contributed by atoms with Gasteiger partial charge in [0.25, 0.3) is 5.91 Å². The highest BCUT2D eigenvalue weighted by atomic mass is 16.2. The number of likely N-dealkylation sites (tertiary alicyclic amines) is 1. The van der Waals surface area contributed by atoms with Gasteiger partial charge < -0.3 is 10.2 Å². The molecule has 1 N–H and O–H groups in total. The molecule has 2 rings (SSSR count). The molecule has 4 heteroatoms. The van der Waals surface area contributed by atoms with E-state index in [1.54, 1.807) is 6.20 Å². The standard InChI is InChI=1S/C14H21N3O/c1-4-15-11-5-7-16-12(9-11)13(18)17-8-6-14(2,3)10-17/h5,7,9H,4,6,8,10H2,1-3H3,(H,15,16). The number of carbonyl (C=O) groups excluding carboxylic acids is 1. The van der Waals surface area contributed by atoms with Crippen LogP contribution < -0.4 is 5.32 Å². The third kappa shape index (κ3) is 2.81. The lowest BCUT2D eigenvalue weighted by Gasteiger charge is -2.19. The number of rotatable bonds is 3. The molecule has 2 heterocycles. The summed E-state index contributed by atoms with van der Waals surface area (Å²) in [6.07, 6.45) is 2.75. The average molecular weight is 247 g/mol. The number of hydrogen-bond donors (Lipinski definition) is 1. The molecule has 0 radical (unpaired) electrons. The Bertz CT molecular complexity index is 442. The molecule has 18 heavy (non-hydrogen) atoms. The van der Waals surface area contributed by atoms with Gasteiger partial charge in [0, 0.05) is 31.5 Å². The molecule has 4 nitrogen and oxygen atoms in total. The largest absolute Gasteiger partial charge is 0.385 e. The highest BCUT2D eigenvalue weighted by molar-refractivity contribution is 5.93. The fourth-order valence-corrected chi connectivity index (χ4v) is 2.31. The van der Waals surface area contributed by atoms with Crippen LogP contribution in [-0.2, 0) is 0 Å². The summed E-state index contributed by atoms with van der Waals surface area (Å²) in [6, 6.07) is 3.71. The summed E-state index contributed by atoms with van der Waals surface area (Å²) in [6.45, 7) is 8.92. The third-order valence-electron chi connectivity index (χ3n) is 3.32. The van der Waals surface area contributed by atoms with Crippen molar-refractivity contribution in [3.05, 3.63) is 24.0 Å². The molecule has 0 spiro atoms.